The highest BCUT2D eigenvalue weighted by Gasteiger charge is 2.21. The van der Waals surface area contributed by atoms with Gasteiger partial charge in [-0.2, -0.15) is 5.10 Å². The quantitative estimate of drug-likeness (QED) is 0.544. The second-order valence-corrected chi connectivity index (χ2v) is 7.89. The Kier molecular flexibility index (Phi) is 5.63. The molecule has 0 aliphatic rings. The zero-order valence-electron chi connectivity index (χ0n) is 17.6. The Bertz CT molecular complexity index is 1110. The lowest BCUT2D eigenvalue weighted by atomic mass is 10.1. The minimum absolute atomic E-state index is 0.249. The minimum Gasteiger partial charge on any atom is -0.316 e. The summed E-state index contributed by atoms with van der Waals surface area (Å²) < 4.78 is 1.86. The van der Waals surface area contributed by atoms with Crippen molar-refractivity contribution in [2.24, 2.45) is 5.16 Å². The van der Waals surface area contributed by atoms with Gasteiger partial charge in [-0.15, -0.1) is 0 Å². The summed E-state index contributed by atoms with van der Waals surface area (Å²) in [6, 6.07) is 9.58. The number of nitrogens with one attached hydrogen (secondary N) is 1. The van der Waals surface area contributed by atoms with Crippen LogP contribution < -0.4 is 10.7 Å². The molecule has 0 bridgehead atoms. The molecule has 1 N–H and O–H groups in total. The van der Waals surface area contributed by atoms with E-state index >= 15 is 0 Å². The first-order chi connectivity index (χ1) is 13.7. The molecular weight excluding hydrogens is 368 g/mol. The van der Waals surface area contributed by atoms with Crippen molar-refractivity contribution in [2.75, 3.05) is 0 Å². The van der Waals surface area contributed by atoms with Crippen molar-refractivity contribution in [3.63, 3.8) is 0 Å². The molecule has 0 fully saturated rings. The van der Waals surface area contributed by atoms with E-state index in [4.69, 9.17) is 9.82 Å². The van der Waals surface area contributed by atoms with E-state index in [9.17, 15) is 4.79 Å². The van der Waals surface area contributed by atoms with Crippen LogP contribution in [0, 0.1) is 20.8 Å². The highest BCUT2D eigenvalue weighted by molar-refractivity contribution is 5.73. The Labute approximate surface area is 169 Å². The van der Waals surface area contributed by atoms with E-state index in [0.717, 1.165) is 11.3 Å². The second kappa shape index (κ2) is 7.98. The molecule has 0 saturated heterocycles. The first kappa shape index (κ1) is 20.4. The van der Waals surface area contributed by atoms with Gasteiger partial charge in [0.05, 0.1) is 22.6 Å². The number of aromatic nitrogens is 4. The Balaban J connectivity index is 1.92. The van der Waals surface area contributed by atoms with E-state index in [1.165, 1.54) is 0 Å². The largest absolute Gasteiger partial charge is 0.433 e. The number of carbonyl (C=O) groups excluding carboxylic acids is 1. The summed E-state index contributed by atoms with van der Waals surface area (Å²) in [6.45, 7) is 12.1. The molecule has 0 aliphatic heterocycles. The molecule has 0 spiro atoms. The van der Waals surface area contributed by atoms with E-state index in [-0.39, 0.29) is 5.54 Å². The smallest absolute Gasteiger partial charge is 0.316 e. The molecular formula is C21H26N6O2. The fourth-order valence-electron chi connectivity index (χ4n) is 2.92. The van der Waals surface area contributed by atoms with Crippen molar-refractivity contribution in [3.05, 3.63) is 58.3 Å². The van der Waals surface area contributed by atoms with Gasteiger partial charge < -0.3 is 5.32 Å². The number of aryl methyl sites for hydroxylation is 3. The second-order valence-electron chi connectivity index (χ2n) is 7.89. The van der Waals surface area contributed by atoms with Crippen molar-refractivity contribution in [2.45, 2.75) is 53.6 Å². The van der Waals surface area contributed by atoms with Gasteiger partial charge >= 0.3 is 6.09 Å². The third-order valence-corrected chi connectivity index (χ3v) is 4.38. The van der Waals surface area contributed by atoms with Crippen LogP contribution >= 0.6 is 0 Å². The van der Waals surface area contributed by atoms with E-state index in [0.29, 0.717) is 34.5 Å². The SMILES string of the molecule is Cc1nc2c(C)nn(C(C)(C)C)c2nc(C)/c1=N\OC(=O)NCc1ccccc1. The Morgan fingerprint density at radius 2 is 1.72 bits per heavy atom. The molecule has 0 atom stereocenters. The molecule has 0 unspecified atom stereocenters. The van der Waals surface area contributed by atoms with Crippen molar-refractivity contribution < 1.29 is 9.63 Å². The van der Waals surface area contributed by atoms with Crippen LogP contribution in [-0.4, -0.2) is 25.8 Å². The van der Waals surface area contributed by atoms with Gasteiger partial charge in [0.1, 0.15) is 10.9 Å². The number of fused-ring (bicyclic) bond motifs is 1. The first-order valence-corrected chi connectivity index (χ1v) is 9.45. The summed E-state index contributed by atoms with van der Waals surface area (Å²) in [5.74, 6) is 0. The van der Waals surface area contributed by atoms with Crippen molar-refractivity contribution in [1.82, 2.24) is 25.1 Å². The van der Waals surface area contributed by atoms with Crippen molar-refractivity contribution in [1.29, 1.82) is 0 Å². The van der Waals surface area contributed by atoms with Gasteiger partial charge in [-0.05, 0) is 47.1 Å². The molecule has 152 valence electrons. The van der Waals surface area contributed by atoms with Crippen LogP contribution in [0.1, 0.15) is 43.4 Å². The van der Waals surface area contributed by atoms with Crippen LogP contribution in [-0.2, 0) is 16.9 Å². The third kappa shape index (κ3) is 4.59. The molecule has 1 aromatic carbocycles. The van der Waals surface area contributed by atoms with Crippen molar-refractivity contribution in [3.8, 4) is 0 Å². The summed E-state index contributed by atoms with van der Waals surface area (Å²) in [7, 11) is 0. The van der Waals surface area contributed by atoms with E-state index in [2.05, 4.69) is 41.3 Å². The van der Waals surface area contributed by atoms with Gasteiger partial charge in [-0.3, -0.25) is 4.84 Å². The molecule has 8 heteroatoms. The number of carbonyl (C=O) groups is 1. The molecule has 8 nitrogen and oxygen atoms in total. The zero-order valence-corrected chi connectivity index (χ0v) is 17.6. The summed E-state index contributed by atoms with van der Waals surface area (Å²) in [5, 5.41) is 11.7. The third-order valence-electron chi connectivity index (χ3n) is 4.38. The average molecular weight is 394 g/mol. The van der Waals surface area contributed by atoms with E-state index < -0.39 is 6.09 Å². The normalized spacial score (nSPS) is 12.3. The van der Waals surface area contributed by atoms with E-state index in [1.807, 2.05) is 55.8 Å². The molecule has 3 aromatic rings. The molecule has 29 heavy (non-hydrogen) atoms. The summed E-state index contributed by atoms with van der Waals surface area (Å²) in [5.41, 5.74) is 4.10. The standard InChI is InChI=1S/C21H26N6O2/c1-13-17(26-29-20(28)22-12-16-10-8-7-9-11-16)14(2)24-19-18(23-13)15(3)25-27(19)21(4,5)6/h7-11H,12H2,1-6H3,(H,22,28)/b26-17-. The highest BCUT2D eigenvalue weighted by atomic mass is 16.7. The topological polar surface area (TPSA) is 94.3 Å². The number of benzene rings is 1. The molecule has 2 aromatic heterocycles. The first-order valence-electron chi connectivity index (χ1n) is 9.45. The fourth-order valence-corrected chi connectivity index (χ4v) is 2.92. The molecule has 2 heterocycles. The van der Waals surface area contributed by atoms with Crippen LogP contribution in [0.2, 0.25) is 0 Å². The van der Waals surface area contributed by atoms with Crippen LogP contribution in [0.15, 0.2) is 35.5 Å². The molecule has 0 saturated carbocycles. The van der Waals surface area contributed by atoms with Crippen LogP contribution in [0.3, 0.4) is 0 Å². The van der Waals surface area contributed by atoms with Gasteiger partial charge in [0, 0.05) is 6.54 Å². The maximum Gasteiger partial charge on any atom is 0.433 e. The highest BCUT2D eigenvalue weighted by Crippen LogP contribution is 2.21. The lowest BCUT2D eigenvalue weighted by molar-refractivity contribution is 0.145. The van der Waals surface area contributed by atoms with E-state index in [1.54, 1.807) is 0 Å². The number of rotatable bonds is 3. The molecule has 3 rings (SSSR count). The summed E-state index contributed by atoms with van der Waals surface area (Å²) in [4.78, 5) is 26.4. The Morgan fingerprint density at radius 1 is 1.07 bits per heavy atom. The Morgan fingerprint density at radius 3 is 2.38 bits per heavy atom. The number of nitrogens with zero attached hydrogens (tertiary/aromatic N) is 5. The van der Waals surface area contributed by atoms with Gasteiger partial charge in [0.25, 0.3) is 0 Å². The average Bonchev–Trinajstić information content (AvgIpc) is 2.90. The molecule has 0 aliphatic carbocycles. The minimum atomic E-state index is -0.638. The summed E-state index contributed by atoms with van der Waals surface area (Å²) in [6.07, 6.45) is -0.638. The number of hydrogen-bond acceptors (Lipinski definition) is 6. The summed E-state index contributed by atoms with van der Waals surface area (Å²) >= 11 is 0. The monoisotopic (exact) mass is 394 g/mol. The van der Waals surface area contributed by atoms with Crippen molar-refractivity contribution >= 4 is 17.3 Å². The zero-order chi connectivity index (χ0) is 21.2. The van der Waals surface area contributed by atoms with Gasteiger partial charge in [-0.1, -0.05) is 35.5 Å². The molecule has 1 amide bonds. The van der Waals surface area contributed by atoms with Crippen LogP contribution in [0.25, 0.3) is 11.2 Å². The van der Waals surface area contributed by atoms with Gasteiger partial charge in [0.2, 0.25) is 0 Å². The predicted octanol–water partition coefficient (Wildman–Crippen LogP) is 3.25. The molecule has 0 radical (unpaired) electrons. The number of hydrogen-bond donors (Lipinski definition) is 1. The lowest BCUT2D eigenvalue weighted by Crippen LogP contribution is -2.24. The lowest BCUT2D eigenvalue weighted by Gasteiger charge is -2.19. The van der Waals surface area contributed by atoms with Gasteiger partial charge in [-0.25, -0.2) is 19.4 Å². The maximum atomic E-state index is 12.0. The van der Waals surface area contributed by atoms with Crippen LogP contribution in [0.4, 0.5) is 4.79 Å². The number of amides is 1. The van der Waals surface area contributed by atoms with Gasteiger partial charge in [0.15, 0.2) is 5.65 Å². The van der Waals surface area contributed by atoms with Crippen LogP contribution in [0.5, 0.6) is 0 Å². The fraction of sp³-hybridized carbons (Fsp3) is 0.381. The maximum absolute atomic E-state index is 12.0. The predicted molar refractivity (Wildman–Crippen MR) is 110 cm³/mol. The Hall–Kier alpha value is -3.29.